The zero-order valence-corrected chi connectivity index (χ0v) is 12.6. The van der Waals surface area contributed by atoms with E-state index in [1.54, 1.807) is 12.1 Å². The normalized spacial score (nSPS) is 14.7. The maximum absolute atomic E-state index is 12.2. The second-order valence-electron chi connectivity index (χ2n) is 5.37. The van der Waals surface area contributed by atoms with E-state index in [4.69, 9.17) is 0 Å². The van der Waals surface area contributed by atoms with Crippen molar-refractivity contribution in [2.24, 2.45) is 5.10 Å². The monoisotopic (exact) mass is 319 g/mol. The van der Waals surface area contributed by atoms with Gasteiger partial charge in [0, 0.05) is 12.0 Å². The van der Waals surface area contributed by atoms with E-state index in [-0.39, 0.29) is 11.6 Å². The van der Waals surface area contributed by atoms with Crippen LogP contribution in [-0.4, -0.2) is 26.5 Å². The molecule has 2 heterocycles. The molecule has 1 amide bonds. The van der Waals surface area contributed by atoms with Gasteiger partial charge in [-0.25, -0.2) is 9.89 Å². The van der Waals surface area contributed by atoms with Gasteiger partial charge in [0.2, 0.25) is 0 Å². The first kappa shape index (κ1) is 14.1. The summed E-state index contributed by atoms with van der Waals surface area (Å²) in [7, 11) is 0. The van der Waals surface area contributed by atoms with Crippen LogP contribution in [0.15, 0.2) is 64.5 Å². The number of amides is 1. The summed E-state index contributed by atoms with van der Waals surface area (Å²) in [5, 5.41) is 13.4. The van der Waals surface area contributed by atoms with Crippen LogP contribution in [0.3, 0.4) is 0 Å². The van der Waals surface area contributed by atoms with Crippen molar-refractivity contribution in [2.45, 2.75) is 6.42 Å². The number of rotatable bonds is 3. The van der Waals surface area contributed by atoms with Crippen molar-refractivity contribution in [1.29, 1.82) is 0 Å². The molecular weight excluding hydrogens is 306 g/mol. The molecule has 0 bridgehead atoms. The molecule has 0 aliphatic carbocycles. The topological polar surface area (TPSA) is 92.1 Å². The molecule has 118 valence electrons. The Hall–Kier alpha value is -3.48. The van der Waals surface area contributed by atoms with Crippen LogP contribution in [0.1, 0.15) is 17.0 Å². The third kappa shape index (κ3) is 2.41. The average molecular weight is 319 g/mol. The van der Waals surface area contributed by atoms with Crippen molar-refractivity contribution in [3.8, 4) is 0 Å². The Balaban J connectivity index is 1.77. The third-order valence-electron chi connectivity index (χ3n) is 3.77. The second-order valence-corrected chi connectivity index (χ2v) is 5.37. The largest absolute Gasteiger partial charge is 0.364 e. The summed E-state index contributed by atoms with van der Waals surface area (Å²) >= 11 is 0. The van der Waals surface area contributed by atoms with Gasteiger partial charge in [-0.3, -0.25) is 4.79 Å². The zero-order valence-electron chi connectivity index (χ0n) is 12.6. The standard InChI is InChI=1S/C17H13N5O2/c23-16-15(12-8-4-5-9-13(12)18-16)21-22-14(19-20-17(22)24)10-11-6-2-1-3-7-11/h1-9H,10H2,(H,20,24)(H,18,21,23). The molecule has 0 atom stereocenters. The van der Waals surface area contributed by atoms with Gasteiger partial charge in [-0.05, 0) is 11.6 Å². The first-order valence-corrected chi connectivity index (χ1v) is 7.42. The van der Waals surface area contributed by atoms with E-state index in [2.05, 4.69) is 20.6 Å². The number of aromatic amines is 1. The van der Waals surface area contributed by atoms with Gasteiger partial charge in [-0.15, -0.1) is 0 Å². The predicted molar refractivity (Wildman–Crippen MR) is 89.1 cm³/mol. The number of para-hydroxylation sites is 1. The summed E-state index contributed by atoms with van der Waals surface area (Å²) < 4.78 is 1.14. The molecule has 1 aromatic heterocycles. The van der Waals surface area contributed by atoms with Gasteiger partial charge in [-0.1, -0.05) is 48.5 Å². The number of aromatic nitrogens is 3. The Morgan fingerprint density at radius 2 is 1.75 bits per heavy atom. The van der Waals surface area contributed by atoms with Crippen LogP contribution in [0.25, 0.3) is 0 Å². The predicted octanol–water partition coefficient (Wildman–Crippen LogP) is 1.37. The number of H-pyrrole nitrogens is 1. The quantitative estimate of drug-likeness (QED) is 0.763. The lowest BCUT2D eigenvalue weighted by Gasteiger charge is -2.02. The Labute approximate surface area is 136 Å². The highest BCUT2D eigenvalue weighted by Gasteiger charge is 2.26. The van der Waals surface area contributed by atoms with E-state index >= 15 is 0 Å². The van der Waals surface area contributed by atoms with E-state index in [0.29, 0.717) is 23.5 Å². The van der Waals surface area contributed by atoms with Gasteiger partial charge in [0.25, 0.3) is 5.91 Å². The number of carbonyl (C=O) groups is 1. The van der Waals surface area contributed by atoms with Crippen LogP contribution < -0.4 is 11.0 Å². The molecule has 4 rings (SSSR count). The lowest BCUT2D eigenvalue weighted by molar-refractivity contribution is -0.110. The molecule has 2 N–H and O–H groups in total. The lowest BCUT2D eigenvalue weighted by atomic mass is 10.1. The molecule has 1 aliphatic rings. The first-order valence-electron chi connectivity index (χ1n) is 7.42. The van der Waals surface area contributed by atoms with Crippen molar-refractivity contribution >= 4 is 17.3 Å². The molecular formula is C17H13N5O2. The smallest absolute Gasteiger partial charge is 0.320 e. The van der Waals surface area contributed by atoms with Crippen LogP contribution in [0, 0.1) is 0 Å². The second kappa shape index (κ2) is 5.62. The van der Waals surface area contributed by atoms with Crippen molar-refractivity contribution in [2.75, 3.05) is 5.32 Å². The molecule has 7 nitrogen and oxygen atoms in total. The minimum atomic E-state index is -0.481. The van der Waals surface area contributed by atoms with E-state index in [0.717, 1.165) is 10.2 Å². The summed E-state index contributed by atoms with van der Waals surface area (Å²) in [5.41, 5.74) is 2.06. The van der Waals surface area contributed by atoms with Gasteiger partial charge in [-0.2, -0.15) is 14.9 Å². The van der Waals surface area contributed by atoms with Gasteiger partial charge >= 0.3 is 5.69 Å². The molecule has 2 aromatic carbocycles. The Bertz CT molecular complexity index is 1000. The molecule has 0 unspecified atom stereocenters. The number of hydrogen-bond donors (Lipinski definition) is 2. The fraction of sp³-hybridized carbons (Fsp3) is 0.0588. The summed E-state index contributed by atoms with van der Waals surface area (Å²) in [4.78, 5) is 24.2. The molecule has 0 saturated heterocycles. The van der Waals surface area contributed by atoms with Crippen molar-refractivity contribution in [1.82, 2.24) is 14.9 Å². The van der Waals surface area contributed by atoms with Gasteiger partial charge in [0.05, 0.1) is 5.69 Å². The molecule has 7 heteroatoms. The van der Waals surface area contributed by atoms with Gasteiger partial charge < -0.3 is 5.32 Å². The van der Waals surface area contributed by atoms with Crippen molar-refractivity contribution in [3.05, 3.63) is 82.0 Å². The fourth-order valence-electron chi connectivity index (χ4n) is 2.62. The Kier molecular flexibility index (Phi) is 3.31. The lowest BCUT2D eigenvalue weighted by Crippen LogP contribution is -2.21. The fourth-order valence-corrected chi connectivity index (χ4v) is 2.62. The van der Waals surface area contributed by atoms with Crippen LogP contribution in [0.2, 0.25) is 0 Å². The molecule has 0 spiro atoms. The minimum absolute atomic E-state index is 0.198. The summed E-state index contributed by atoms with van der Waals surface area (Å²) in [5.74, 6) is 0.103. The zero-order chi connectivity index (χ0) is 16.5. The number of anilines is 1. The SMILES string of the molecule is O=C1Nc2ccccc2/C1=N\n1c(Cc2ccccc2)n[nH]c1=O. The molecule has 0 saturated carbocycles. The summed E-state index contributed by atoms with van der Waals surface area (Å²) in [6.45, 7) is 0. The molecule has 3 aromatic rings. The highest BCUT2D eigenvalue weighted by Crippen LogP contribution is 2.22. The van der Waals surface area contributed by atoms with E-state index in [9.17, 15) is 9.59 Å². The number of fused-ring (bicyclic) bond motifs is 1. The van der Waals surface area contributed by atoms with Crippen LogP contribution >= 0.6 is 0 Å². The highest BCUT2D eigenvalue weighted by molar-refractivity contribution is 6.53. The minimum Gasteiger partial charge on any atom is -0.320 e. The number of carbonyl (C=O) groups excluding carboxylic acids is 1. The molecule has 24 heavy (non-hydrogen) atoms. The molecule has 1 aliphatic heterocycles. The van der Waals surface area contributed by atoms with E-state index in [1.165, 1.54) is 0 Å². The first-order chi connectivity index (χ1) is 11.7. The van der Waals surface area contributed by atoms with Crippen molar-refractivity contribution < 1.29 is 4.79 Å². The molecule has 0 radical (unpaired) electrons. The Morgan fingerprint density at radius 1 is 1.00 bits per heavy atom. The van der Waals surface area contributed by atoms with Gasteiger partial charge in [0.15, 0.2) is 11.5 Å². The highest BCUT2D eigenvalue weighted by atomic mass is 16.2. The molecule has 0 fully saturated rings. The van der Waals surface area contributed by atoms with Crippen LogP contribution in [0.4, 0.5) is 5.69 Å². The summed E-state index contributed by atoms with van der Waals surface area (Å²) in [6.07, 6.45) is 0.430. The van der Waals surface area contributed by atoms with Crippen LogP contribution in [-0.2, 0) is 11.2 Å². The number of nitrogens with one attached hydrogen (secondary N) is 2. The maximum Gasteiger partial charge on any atom is 0.364 e. The van der Waals surface area contributed by atoms with Crippen LogP contribution in [0.5, 0.6) is 0 Å². The van der Waals surface area contributed by atoms with Gasteiger partial charge in [0.1, 0.15) is 0 Å². The number of benzene rings is 2. The maximum atomic E-state index is 12.2. The average Bonchev–Trinajstić information content (AvgIpc) is 3.10. The number of hydrogen-bond acceptors (Lipinski definition) is 4. The van der Waals surface area contributed by atoms with E-state index in [1.807, 2.05) is 42.5 Å². The Morgan fingerprint density at radius 3 is 2.58 bits per heavy atom. The van der Waals surface area contributed by atoms with E-state index < -0.39 is 5.69 Å². The third-order valence-corrected chi connectivity index (χ3v) is 3.77. The van der Waals surface area contributed by atoms with Crippen molar-refractivity contribution in [3.63, 3.8) is 0 Å². The number of nitrogens with zero attached hydrogens (tertiary/aromatic N) is 3. The summed E-state index contributed by atoms with van der Waals surface area (Å²) in [6, 6.07) is 16.8.